The lowest BCUT2D eigenvalue weighted by atomic mass is 10.0. The average molecular weight is 428 g/mol. The summed E-state index contributed by atoms with van der Waals surface area (Å²) < 4.78 is 44.4. The van der Waals surface area contributed by atoms with Crippen molar-refractivity contribution >= 4 is 10.0 Å². The van der Waals surface area contributed by atoms with Crippen LogP contribution in [0.2, 0.25) is 0 Å². The first-order valence-electron chi connectivity index (χ1n) is 10.3. The van der Waals surface area contributed by atoms with E-state index >= 15 is 0 Å². The van der Waals surface area contributed by atoms with Crippen molar-refractivity contribution in [2.45, 2.75) is 56.1 Å². The van der Waals surface area contributed by atoms with Gasteiger partial charge in [-0.2, -0.15) is 4.31 Å². The zero-order valence-electron chi connectivity index (χ0n) is 17.0. The molecule has 0 spiro atoms. The Hall–Kier alpha value is -2.51. The van der Waals surface area contributed by atoms with Crippen molar-refractivity contribution in [3.05, 3.63) is 84.2 Å². The minimum absolute atomic E-state index is 0.0881. The average Bonchev–Trinajstić information content (AvgIpc) is 3.39. The third-order valence-electron chi connectivity index (χ3n) is 5.80. The topological polar surface area (TPSA) is 55.2 Å². The van der Waals surface area contributed by atoms with Gasteiger partial charge in [-0.25, -0.2) is 17.8 Å². The lowest BCUT2D eigenvalue weighted by molar-refractivity contribution is 0.305. The summed E-state index contributed by atoms with van der Waals surface area (Å²) in [7, 11) is -3.68. The second-order valence-electron chi connectivity index (χ2n) is 7.89. The van der Waals surface area contributed by atoms with E-state index in [4.69, 9.17) is 0 Å². The maximum atomic E-state index is 13.6. The molecular weight excluding hydrogens is 401 g/mol. The maximum Gasteiger partial charge on any atom is 0.243 e. The summed E-state index contributed by atoms with van der Waals surface area (Å²) in [4.78, 5) is 4.37. The lowest BCUT2D eigenvalue weighted by Crippen LogP contribution is -2.37. The molecule has 0 aliphatic carbocycles. The van der Waals surface area contributed by atoms with E-state index in [1.54, 1.807) is 41.1 Å². The minimum atomic E-state index is -3.68. The highest BCUT2D eigenvalue weighted by molar-refractivity contribution is 7.89. The quantitative estimate of drug-likeness (QED) is 0.549. The number of halogens is 1. The van der Waals surface area contributed by atoms with Gasteiger partial charge in [0.15, 0.2) is 0 Å². The molecule has 7 heteroatoms. The molecule has 4 rings (SSSR count). The van der Waals surface area contributed by atoms with Gasteiger partial charge in [0.25, 0.3) is 0 Å². The molecule has 0 saturated carbocycles. The molecule has 1 fully saturated rings. The van der Waals surface area contributed by atoms with Crippen LogP contribution in [0, 0.1) is 12.7 Å². The summed E-state index contributed by atoms with van der Waals surface area (Å²) in [6.45, 7) is 2.74. The zero-order valence-corrected chi connectivity index (χ0v) is 17.8. The first-order chi connectivity index (χ1) is 14.4. The zero-order chi connectivity index (χ0) is 21.1. The first kappa shape index (κ1) is 20.8. The van der Waals surface area contributed by atoms with E-state index in [2.05, 4.69) is 4.98 Å². The molecule has 2 heterocycles. The van der Waals surface area contributed by atoms with Crippen LogP contribution in [0.3, 0.4) is 0 Å². The summed E-state index contributed by atoms with van der Waals surface area (Å²) in [5.41, 5.74) is 1.85. The van der Waals surface area contributed by atoms with Gasteiger partial charge in [0.2, 0.25) is 10.0 Å². The smallest absolute Gasteiger partial charge is 0.243 e. The van der Waals surface area contributed by atoms with E-state index in [0.717, 1.165) is 43.4 Å². The van der Waals surface area contributed by atoms with E-state index < -0.39 is 10.0 Å². The van der Waals surface area contributed by atoms with Crippen molar-refractivity contribution in [1.29, 1.82) is 0 Å². The molecule has 1 aromatic heterocycles. The normalized spacial score (nSPS) is 19.9. The van der Waals surface area contributed by atoms with Gasteiger partial charge in [-0.3, -0.25) is 0 Å². The Labute approximate surface area is 177 Å². The van der Waals surface area contributed by atoms with Gasteiger partial charge in [-0.1, -0.05) is 29.8 Å². The van der Waals surface area contributed by atoms with Crippen LogP contribution in [-0.4, -0.2) is 28.3 Å². The molecule has 0 bridgehead atoms. The molecule has 0 amide bonds. The van der Waals surface area contributed by atoms with Gasteiger partial charge in [0.1, 0.15) is 5.82 Å². The summed E-state index contributed by atoms with van der Waals surface area (Å²) in [6, 6.07) is 12.8. The van der Waals surface area contributed by atoms with Crippen LogP contribution in [0.1, 0.15) is 42.9 Å². The number of aromatic nitrogens is 2. The van der Waals surface area contributed by atoms with Crippen molar-refractivity contribution in [2.75, 3.05) is 0 Å². The second-order valence-corrected chi connectivity index (χ2v) is 9.73. The van der Waals surface area contributed by atoms with E-state index in [1.807, 2.05) is 29.8 Å². The van der Waals surface area contributed by atoms with Crippen molar-refractivity contribution in [3.8, 4) is 0 Å². The van der Waals surface area contributed by atoms with Gasteiger partial charge < -0.3 is 4.57 Å². The molecular formula is C23H26FN3O2S. The van der Waals surface area contributed by atoms with E-state index in [0.29, 0.717) is 4.90 Å². The van der Waals surface area contributed by atoms with E-state index in [1.165, 1.54) is 12.1 Å². The molecule has 158 valence electrons. The van der Waals surface area contributed by atoms with Crippen LogP contribution >= 0.6 is 0 Å². The predicted molar refractivity (Wildman–Crippen MR) is 114 cm³/mol. The lowest BCUT2D eigenvalue weighted by Gasteiger charge is -2.30. The molecule has 5 nitrogen and oxygen atoms in total. The molecule has 2 atom stereocenters. The van der Waals surface area contributed by atoms with Crippen molar-refractivity contribution in [2.24, 2.45) is 0 Å². The summed E-state index contributed by atoms with van der Waals surface area (Å²) in [5.74, 6) is -0.318. The molecule has 0 unspecified atom stereocenters. The summed E-state index contributed by atoms with van der Waals surface area (Å²) in [6.07, 6.45) is 8.57. The Kier molecular flexibility index (Phi) is 6.01. The van der Waals surface area contributed by atoms with Gasteiger partial charge in [0, 0.05) is 25.0 Å². The molecule has 1 aliphatic heterocycles. The summed E-state index contributed by atoms with van der Waals surface area (Å²) >= 11 is 0. The standard InChI is InChI=1S/C23H26FN3O2S/c1-18-4-11-22(12-5-18)30(28,29)27-21(3-2-15-26-16-14-25-17-26)10-13-23(27)19-6-8-20(24)9-7-19/h4-9,11-12,14,16-17,21,23H,2-3,10,13,15H2,1H3/t21-,23-/m0/s1. The van der Waals surface area contributed by atoms with Crippen molar-refractivity contribution in [1.82, 2.24) is 13.9 Å². The highest BCUT2D eigenvalue weighted by atomic mass is 32.2. The molecule has 1 saturated heterocycles. The number of sulfonamides is 1. The fourth-order valence-electron chi connectivity index (χ4n) is 4.25. The van der Waals surface area contributed by atoms with E-state index in [-0.39, 0.29) is 17.9 Å². The fourth-order valence-corrected chi connectivity index (χ4v) is 6.14. The molecule has 3 aromatic rings. The largest absolute Gasteiger partial charge is 0.337 e. The van der Waals surface area contributed by atoms with Gasteiger partial charge in [0.05, 0.1) is 17.3 Å². The second kappa shape index (κ2) is 8.70. The Morgan fingerprint density at radius 3 is 2.47 bits per heavy atom. The highest BCUT2D eigenvalue weighted by Crippen LogP contribution is 2.42. The number of aryl methyl sites for hydroxylation is 2. The van der Waals surface area contributed by atoms with Crippen LogP contribution < -0.4 is 0 Å². The third kappa shape index (κ3) is 4.32. The predicted octanol–water partition coefficient (Wildman–Crippen LogP) is 4.71. The maximum absolute atomic E-state index is 13.6. The molecule has 0 radical (unpaired) electrons. The minimum Gasteiger partial charge on any atom is -0.337 e. The number of hydrogen-bond acceptors (Lipinski definition) is 3. The van der Waals surface area contributed by atoms with Gasteiger partial charge in [-0.05, 0) is 62.4 Å². The van der Waals surface area contributed by atoms with Crippen molar-refractivity contribution < 1.29 is 12.8 Å². The fraction of sp³-hybridized carbons (Fsp3) is 0.348. The third-order valence-corrected chi connectivity index (χ3v) is 7.78. The van der Waals surface area contributed by atoms with Crippen LogP contribution in [0.4, 0.5) is 4.39 Å². The Bertz CT molecular complexity index is 1060. The van der Waals surface area contributed by atoms with E-state index in [9.17, 15) is 12.8 Å². The number of imidazole rings is 1. The van der Waals surface area contributed by atoms with Gasteiger partial charge >= 0.3 is 0 Å². The number of hydrogen-bond donors (Lipinski definition) is 0. The monoisotopic (exact) mass is 427 g/mol. The number of nitrogens with zero attached hydrogens (tertiary/aromatic N) is 3. The highest BCUT2D eigenvalue weighted by Gasteiger charge is 2.42. The molecule has 1 aliphatic rings. The number of rotatable bonds is 7. The first-order valence-corrected chi connectivity index (χ1v) is 11.7. The molecule has 0 N–H and O–H groups in total. The van der Waals surface area contributed by atoms with Crippen LogP contribution in [0.5, 0.6) is 0 Å². The van der Waals surface area contributed by atoms with Crippen LogP contribution in [0.25, 0.3) is 0 Å². The van der Waals surface area contributed by atoms with Gasteiger partial charge in [-0.15, -0.1) is 0 Å². The molecule has 2 aromatic carbocycles. The summed E-state index contributed by atoms with van der Waals surface area (Å²) in [5, 5.41) is 0. The number of benzene rings is 2. The van der Waals surface area contributed by atoms with Crippen LogP contribution in [0.15, 0.2) is 72.1 Å². The van der Waals surface area contributed by atoms with Crippen LogP contribution in [-0.2, 0) is 16.6 Å². The Morgan fingerprint density at radius 1 is 1.07 bits per heavy atom. The Morgan fingerprint density at radius 2 is 1.80 bits per heavy atom. The Balaban J connectivity index is 1.62. The molecule has 30 heavy (non-hydrogen) atoms. The SMILES string of the molecule is Cc1ccc(S(=O)(=O)N2[C@@H](CCCn3ccnc3)CC[C@H]2c2ccc(F)cc2)cc1. The van der Waals surface area contributed by atoms with Crippen molar-refractivity contribution in [3.63, 3.8) is 0 Å².